The van der Waals surface area contributed by atoms with Crippen LogP contribution >= 0.6 is 0 Å². The molecule has 0 aromatic carbocycles. The van der Waals surface area contributed by atoms with Gasteiger partial charge < -0.3 is 24.4 Å². The van der Waals surface area contributed by atoms with E-state index in [2.05, 4.69) is 34.6 Å². The summed E-state index contributed by atoms with van der Waals surface area (Å²) in [5.74, 6) is 2.72. The van der Waals surface area contributed by atoms with E-state index in [1.54, 1.807) is 0 Å². The highest BCUT2D eigenvalue weighted by atomic mass is 17.3. The zero-order valence-electron chi connectivity index (χ0n) is 29.8. The van der Waals surface area contributed by atoms with E-state index < -0.39 is 23.6 Å². The molecule has 8 nitrogen and oxygen atoms in total. The Morgan fingerprint density at radius 1 is 0.872 bits per heavy atom. The van der Waals surface area contributed by atoms with Crippen molar-refractivity contribution in [3.8, 4) is 0 Å². The quantitative estimate of drug-likeness (QED) is 0.221. The first-order valence-electron chi connectivity index (χ1n) is 19.5. The maximum Gasteiger partial charge on any atom is 0.303 e. The van der Waals surface area contributed by atoms with Crippen LogP contribution in [0.15, 0.2) is 0 Å². The lowest BCUT2D eigenvalue weighted by Crippen LogP contribution is -2.70. The lowest BCUT2D eigenvalue weighted by molar-refractivity contribution is -0.578. The fourth-order valence-electron chi connectivity index (χ4n) is 14.1. The number of hydrogen-bond donors (Lipinski definition) is 2. The van der Waals surface area contributed by atoms with E-state index in [0.29, 0.717) is 47.3 Å². The molecular formula is C39H62O8. The Kier molecular flexibility index (Phi) is 8.26. The minimum atomic E-state index is -0.782. The molecule has 18 atom stereocenters. The molecule has 9 aliphatic rings. The average Bonchev–Trinajstić information content (AvgIpc) is 3.22. The summed E-state index contributed by atoms with van der Waals surface area (Å²) in [6.45, 7) is 13.9. The van der Waals surface area contributed by atoms with E-state index in [4.69, 9.17) is 24.0 Å². The number of hydrogen-bond acceptors (Lipinski definition) is 7. The van der Waals surface area contributed by atoms with Crippen molar-refractivity contribution in [3.63, 3.8) is 0 Å². The molecule has 0 amide bonds. The van der Waals surface area contributed by atoms with E-state index in [1.165, 1.54) is 32.1 Å². The first kappa shape index (κ1) is 33.4. The summed E-state index contributed by atoms with van der Waals surface area (Å²) >= 11 is 0. The van der Waals surface area contributed by atoms with Gasteiger partial charge in [-0.15, -0.1) is 0 Å². The Morgan fingerprint density at radius 3 is 2.38 bits per heavy atom. The zero-order valence-corrected chi connectivity index (χ0v) is 29.8. The molecule has 8 unspecified atom stereocenters. The highest BCUT2D eigenvalue weighted by Gasteiger charge is 2.70. The van der Waals surface area contributed by atoms with E-state index >= 15 is 0 Å². The van der Waals surface area contributed by atoms with Crippen LogP contribution in [0.3, 0.4) is 0 Å². The van der Waals surface area contributed by atoms with Crippen molar-refractivity contribution in [2.75, 3.05) is 0 Å². The van der Waals surface area contributed by atoms with Crippen LogP contribution in [0.1, 0.15) is 131 Å². The molecule has 47 heavy (non-hydrogen) atoms. The minimum absolute atomic E-state index is 0.118. The van der Waals surface area contributed by atoms with Crippen molar-refractivity contribution < 1.29 is 39.0 Å². The van der Waals surface area contributed by atoms with Crippen molar-refractivity contribution >= 4 is 5.97 Å². The Morgan fingerprint density at radius 2 is 1.60 bits per heavy atom. The number of ether oxygens (including phenoxy) is 3. The Bertz CT molecular complexity index is 1210. The standard InChI is InChI=1S/C39H62O8/c1-21(8-12-32(41)42)26-10-11-29-33-30(14-17-37(26,29)5)36(4)16-13-25(19-24(36)20-31(33)40)43-34-23(3)28-9-7-22(2)27-15-18-38(6)45-35(44-34)39(27,28)47-46-38/h21-31,33-35,40H,7-20H2,1-6H3,(H,41,42)/t21-,22-,23-,24?,25-,26-,27?,28?,29?,30?,31-,33?,34?,35?,36+,37-,38-,39-/m1/s1. The molecule has 5 saturated carbocycles. The van der Waals surface area contributed by atoms with Crippen LogP contribution in [0.25, 0.3) is 0 Å². The second kappa shape index (κ2) is 11.6. The van der Waals surface area contributed by atoms with Crippen molar-refractivity contribution in [2.45, 2.75) is 168 Å². The smallest absolute Gasteiger partial charge is 0.303 e. The fourth-order valence-corrected chi connectivity index (χ4v) is 14.1. The van der Waals surface area contributed by atoms with Gasteiger partial charge in [-0.3, -0.25) is 4.79 Å². The maximum absolute atomic E-state index is 11.9. The van der Waals surface area contributed by atoms with Gasteiger partial charge in [0.1, 0.15) is 0 Å². The highest BCUT2D eigenvalue weighted by molar-refractivity contribution is 5.66. The van der Waals surface area contributed by atoms with Gasteiger partial charge in [-0.2, -0.15) is 0 Å². The Hall–Kier alpha value is -0.770. The molecule has 266 valence electrons. The molecular weight excluding hydrogens is 596 g/mol. The number of aliphatic hydroxyl groups is 1. The summed E-state index contributed by atoms with van der Waals surface area (Å²) < 4.78 is 20.4. The summed E-state index contributed by atoms with van der Waals surface area (Å²) in [7, 11) is 0. The van der Waals surface area contributed by atoms with Crippen LogP contribution in [-0.2, 0) is 28.8 Å². The number of carboxylic acids is 1. The zero-order chi connectivity index (χ0) is 33.1. The van der Waals surface area contributed by atoms with Gasteiger partial charge in [-0.1, -0.05) is 34.6 Å². The van der Waals surface area contributed by atoms with Gasteiger partial charge >= 0.3 is 5.97 Å². The minimum Gasteiger partial charge on any atom is -0.481 e. The Labute approximate surface area is 282 Å². The summed E-state index contributed by atoms with van der Waals surface area (Å²) in [5.41, 5.74) is -0.142. The van der Waals surface area contributed by atoms with Gasteiger partial charge in [0.2, 0.25) is 5.79 Å². The monoisotopic (exact) mass is 658 g/mol. The number of carboxylic acid groups (broad SMARTS) is 1. The average molecular weight is 659 g/mol. The molecule has 0 aromatic rings. The van der Waals surface area contributed by atoms with Crippen LogP contribution in [-0.4, -0.2) is 52.4 Å². The lowest BCUT2D eigenvalue weighted by Gasteiger charge is -2.63. The first-order chi connectivity index (χ1) is 22.3. The van der Waals surface area contributed by atoms with Gasteiger partial charge in [0.05, 0.1) is 12.2 Å². The molecule has 4 saturated heterocycles. The van der Waals surface area contributed by atoms with Gasteiger partial charge in [0.15, 0.2) is 18.2 Å². The second-order valence-electron chi connectivity index (χ2n) is 18.7. The lowest BCUT2D eigenvalue weighted by atomic mass is 9.43. The van der Waals surface area contributed by atoms with Crippen LogP contribution in [0.5, 0.6) is 0 Å². The van der Waals surface area contributed by atoms with E-state index in [0.717, 1.165) is 51.4 Å². The summed E-state index contributed by atoms with van der Waals surface area (Å²) in [4.78, 5) is 23.7. The van der Waals surface area contributed by atoms with E-state index in [9.17, 15) is 15.0 Å². The van der Waals surface area contributed by atoms with Crippen LogP contribution in [0.2, 0.25) is 0 Å². The molecule has 2 bridgehead atoms. The molecule has 9 fully saturated rings. The van der Waals surface area contributed by atoms with Crippen LogP contribution < -0.4 is 0 Å². The molecule has 0 radical (unpaired) electrons. The van der Waals surface area contributed by atoms with Gasteiger partial charge in [0.25, 0.3) is 0 Å². The third-order valence-corrected chi connectivity index (χ3v) is 16.6. The first-order valence-corrected chi connectivity index (χ1v) is 19.5. The molecule has 2 N–H and O–H groups in total. The predicted octanol–water partition coefficient (Wildman–Crippen LogP) is 7.71. The van der Waals surface area contributed by atoms with E-state index in [-0.39, 0.29) is 47.6 Å². The van der Waals surface area contributed by atoms with E-state index in [1.807, 2.05) is 6.92 Å². The molecule has 1 spiro atoms. The van der Waals surface area contributed by atoms with Crippen molar-refractivity contribution in [2.24, 2.45) is 70.0 Å². The summed E-state index contributed by atoms with van der Waals surface area (Å²) in [6.07, 6.45) is 12.9. The fraction of sp³-hybridized carbons (Fsp3) is 0.974. The number of aliphatic carboxylic acids is 1. The largest absolute Gasteiger partial charge is 0.481 e. The SMILES string of the molecule is C[C@H]1C(O[C@@H]2CC[C@@]3(C)C(C2)C[C@@H](O)C2C3CC[C@@]3(C)C2CC[C@@H]3[C@H](C)CCC(=O)O)OC2O[C@@]3(C)CCC4[C@H](C)CCC1[C@@]24OO3. The molecule has 4 aliphatic heterocycles. The topological polar surface area (TPSA) is 104 Å². The number of aliphatic hydroxyl groups excluding tert-OH is 1. The molecule has 9 rings (SSSR count). The highest BCUT2D eigenvalue weighted by Crippen LogP contribution is 2.69. The number of fused-ring (bicyclic) bond motifs is 7. The molecule has 4 heterocycles. The summed E-state index contributed by atoms with van der Waals surface area (Å²) in [5, 5.41) is 21.3. The van der Waals surface area contributed by atoms with Gasteiger partial charge in [-0.05, 0) is 142 Å². The Balaban J connectivity index is 0.961. The molecule has 0 aromatic heterocycles. The predicted molar refractivity (Wildman–Crippen MR) is 174 cm³/mol. The molecule has 5 aliphatic carbocycles. The van der Waals surface area contributed by atoms with Crippen molar-refractivity contribution in [1.29, 1.82) is 0 Å². The molecule has 8 heteroatoms. The number of rotatable bonds is 6. The normalized spacial score (nSPS) is 57.2. The van der Waals surface area contributed by atoms with Gasteiger partial charge in [0, 0.05) is 24.7 Å². The van der Waals surface area contributed by atoms with Crippen LogP contribution in [0, 0.1) is 70.0 Å². The second-order valence-corrected chi connectivity index (χ2v) is 18.7. The van der Waals surface area contributed by atoms with Gasteiger partial charge in [-0.25, -0.2) is 9.78 Å². The van der Waals surface area contributed by atoms with Crippen LogP contribution in [0.4, 0.5) is 0 Å². The van der Waals surface area contributed by atoms with Crippen molar-refractivity contribution in [1.82, 2.24) is 0 Å². The third kappa shape index (κ3) is 4.98. The third-order valence-electron chi connectivity index (χ3n) is 16.6. The number of carbonyl (C=O) groups is 1. The summed E-state index contributed by atoms with van der Waals surface area (Å²) in [6, 6.07) is 0. The maximum atomic E-state index is 11.9. The van der Waals surface area contributed by atoms with Crippen molar-refractivity contribution in [3.05, 3.63) is 0 Å².